The van der Waals surface area contributed by atoms with Gasteiger partial charge in [-0.05, 0) is 12.1 Å². The maximum atomic E-state index is 10.4. The lowest BCUT2D eigenvalue weighted by Crippen LogP contribution is -1.98. The molecule has 4 nitrogen and oxygen atoms in total. The van der Waals surface area contributed by atoms with Crippen molar-refractivity contribution in [3.05, 3.63) is 35.4 Å². The minimum atomic E-state index is -1.55. The molecule has 1 aromatic rings. The first kappa shape index (κ1) is 8.70. The smallest absolute Gasteiger partial charge is 0.335 e. The third-order valence-corrected chi connectivity index (χ3v) is 1.46. The van der Waals surface area contributed by atoms with Gasteiger partial charge in [0.2, 0.25) is 0 Å². The van der Waals surface area contributed by atoms with E-state index in [-0.39, 0.29) is 11.1 Å². The van der Waals surface area contributed by atoms with Crippen LogP contribution in [0.5, 0.6) is 0 Å². The average Bonchev–Trinajstić information content (AvgIpc) is 2.04. The topological polar surface area (TPSA) is 77.8 Å². The number of aromatic carboxylic acids is 1. The summed E-state index contributed by atoms with van der Waals surface area (Å²) in [5.41, 5.74) is 0.402. The van der Waals surface area contributed by atoms with Gasteiger partial charge in [0.05, 0.1) is 5.56 Å². The third-order valence-electron chi connectivity index (χ3n) is 1.46. The van der Waals surface area contributed by atoms with Crippen molar-refractivity contribution in [2.45, 2.75) is 6.29 Å². The number of carboxylic acid groups (broad SMARTS) is 1. The maximum absolute atomic E-state index is 10.4. The van der Waals surface area contributed by atoms with Crippen LogP contribution in [0.1, 0.15) is 22.2 Å². The van der Waals surface area contributed by atoms with Crippen molar-refractivity contribution in [3.8, 4) is 0 Å². The summed E-state index contributed by atoms with van der Waals surface area (Å²) in [6.45, 7) is 0. The van der Waals surface area contributed by atoms with Crippen molar-refractivity contribution in [1.82, 2.24) is 0 Å². The second-order valence-electron chi connectivity index (χ2n) is 2.30. The minimum absolute atomic E-state index is 0.124. The van der Waals surface area contributed by atoms with E-state index in [9.17, 15) is 4.79 Å². The van der Waals surface area contributed by atoms with Crippen molar-refractivity contribution in [2.24, 2.45) is 0 Å². The Hall–Kier alpha value is -1.39. The van der Waals surface area contributed by atoms with Gasteiger partial charge in [-0.25, -0.2) is 4.79 Å². The molecule has 0 atom stereocenters. The standard InChI is InChI=1S/C8H8O4/c9-7(10)5-1-2-6(4-3-5)8(11)12/h1-4,7,9-10H,(H,11,12). The van der Waals surface area contributed by atoms with Gasteiger partial charge < -0.3 is 15.3 Å². The third kappa shape index (κ3) is 1.81. The molecular weight excluding hydrogens is 160 g/mol. The van der Waals surface area contributed by atoms with Crippen molar-refractivity contribution in [1.29, 1.82) is 0 Å². The van der Waals surface area contributed by atoms with Crippen molar-refractivity contribution < 1.29 is 20.1 Å². The fraction of sp³-hybridized carbons (Fsp3) is 0.125. The van der Waals surface area contributed by atoms with E-state index in [2.05, 4.69) is 0 Å². The lowest BCUT2D eigenvalue weighted by atomic mass is 10.1. The summed E-state index contributed by atoms with van der Waals surface area (Å²) >= 11 is 0. The molecule has 0 heterocycles. The van der Waals surface area contributed by atoms with Crippen LogP contribution in [0.2, 0.25) is 0 Å². The first-order valence-corrected chi connectivity index (χ1v) is 3.30. The van der Waals surface area contributed by atoms with Crippen LogP contribution in [0.3, 0.4) is 0 Å². The largest absolute Gasteiger partial charge is 0.478 e. The molecule has 0 radical (unpaired) electrons. The quantitative estimate of drug-likeness (QED) is 0.557. The number of carbonyl (C=O) groups is 1. The van der Waals surface area contributed by atoms with Gasteiger partial charge in [0.15, 0.2) is 6.29 Å². The lowest BCUT2D eigenvalue weighted by molar-refractivity contribution is -0.0425. The van der Waals surface area contributed by atoms with Crippen LogP contribution in [0.25, 0.3) is 0 Å². The normalized spacial score (nSPS) is 10.2. The average molecular weight is 168 g/mol. The number of aliphatic hydroxyl groups is 2. The number of benzene rings is 1. The van der Waals surface area contributed by atoms with Crippen LogP contribution < -0.4 is 0 Å². The summed E-state index contributed by atoms with van der Waals surface area (Å²) in [4.78, 5) is 10.4. The molecule has 0 aliphatic carbocycles. The van der Waals surface area contributed by atoms with Gasteiger partial charge in [0.1, 0.15) is 0 Å². The monoisotopic (exact) mass is 168 g/mol. The Balaban J connectivity index is 2.93. The Kier molecular flexibility index (Phi) is 2.42. The molecule has 0 spiro atoms. The molecule has 0 saturated heterocycles. The Bertz CT molecular complexity index is 276. The van der Waals surface area contributed by atoms with Crippen molar-refractivity contribution in [3.63, 3.8) is 0 Å². The van der Waals surface area contributed by atoms with E-state index >= 15 is 0 Å². The molecule has 1 rings (SSSR count). The summed E-state index contributed by atoms with van der Waals surface area (Å²) < 4.78 is 0. The van der Waals surface area contributed by atoms with E-state index in [1.807, 2.05) is 0 Å². The fourth-order valence-electron chi connectivity index (χ4n) is 0.798. The van der Waals surface area contributed by atoms with Crippen LogP contribution >= 0.6 is 0 Å². The van der Waals surface area contributed by atoms with Gasteiger partial charge in [0, 0.05) is 5.56 Å². The summed E-state index contributed by atoms with van der Waals surface area (Å²) in [6.07, 6.45) is -1.55. The highest BCUT2D eigenvalue weighted by atomic mass is 16.5. The molecule has 0 saturated carbocycles. The first-order chi connectivity index (χ1) is 5.61. The SMILES string of the molecule is O=C(O)c1ccc(C(O)O)cc1. The minimum Gasteiger partial charge on any atom is -0.478 e. The molecule has 0 fully saturated rings. The molecule has 64 valence electrons. The van der Waals surface area contributed by atoms with Gasteiger partial charge in [-0.15, -0.1) is 0 Å². The molecular formula is C8H8O4. The van der Waals surface area contributed by atoms with Gasteiger partial charge >= 0.3 is 5.97 Å². The molecule has 12 heavy (non-hydrogen) atoms. The first-order valence-electron chi connectivity index (χ1n) is 3.30. The van der Waals surface area contributed by atoms with E-state index < -0.39 is 12.3 Å². The Morgan fingerprint density at radius 1 is 1.17 bits per heavy atom. The van der Waals surface area contributed by atoms with Gasteiger partial charge in [-0.2, -0.15) is 0 Å². The van der Waals surface area contributed by atoms with Crippen LogP contribution in [0.4, 0.5) is 0 Å². The molecule has 0 aliphatic heterocycles. The summed E-state index contributed by atoms with van der Waals surface area (Å²) in [6, 6.07) is 5.34. The highest BCUT2D eigenvalue weighted by Gasteiger charge is 2.04. The zero-order valence-corrected chi connectivity index (χ0v) is 6.14. The lowest BCUT2D eigenvalue weighted by Gasteiger charge is -2.02. The zero-order valence-electron chi connectivity index (χ0n) is 6.14. The molecule has 1 aromatic carbocycles. The molecule has 4 heteroatoms. The molecule has 0 bridgehead atoms. The second kappa shape index (κ2) is 3.34. The molecule has 0 amide bonds. The summed E-state index contributed by atoms with van der Waals surface area (Å²) in [5, 5.41) is 25.8. The predicted octanol–water partition coefficient (Wildman–Crippen LogP) is 0.368. The molecule has 0 aliphatic rings. The zero-order chi connectivity index (χ0) is 9.14. The Morgan fingerprint density at radius 2 is 1.67 bits per heavy atom. The highest BCUT2D eigenvalue weighted by Crippen LogP contribution is 2.10. The number of rotatable bonds is 2. The summed E-state index contributed by atoms with van der Waals surface area (Å²) in [7, 11) is 0. The fourth-order valence-corrected chi connectivity index (χ4v) is 0.798. The van der Waals surface area contributed by atoms with Crippen molar-refractivity contribution >= 4 is 5.97 Å². The number of hydrogen-bond acceptors (Lipinski definition) is 3. The number of hydrogen-bond donors (Lipinski definition) is 3. The number of aliphatic hydroxyl groups excluding tert-OH is 1. The van der Waals surface area contributed by atoms with Gasteiger partial charge in [-0.1, -0.05) is 12.1 Å². The van der Waals surface area contributed by atoms with E-state index in [0.29, 0.717) is 0 Å². The van der Waals surface area contributed by atoms with Crippen LogP contribution in [-0.2, 0) is 0 Å². The van der Waals surface area contributed by atoms with E-state index in [1.54, 1.807) is 0 Å². The van der Waals surface area contributed by atoms with E-state index in [1.165, 1.54) is 24.3 Å². The maximum Gasteiger partial charge on any atom is 0.335 e. The Morgan fingerprint density at radius 3 is 2.00 bits per heavy atom. The van der Waals surface area contributed by atoms with Crippen LogP contribution in [0.15, 0.2) is 24.3 Å². The van der Waals surface area contributed by atoms with Gasteiger partial charge in [0.25, 0.3) is 0 Å². The molecule has 3 N–H and O–H groups in total. The van der Waals surface area contributed by atoms with Crippen molar-refractivity contribution in [2.75, 3.05) is 0 Å². The second-order valence-corrected chi connectivity index (χ2v) is 2.30. The van der Waals surface area contributed by atoms with E-state index in [4.69, 9.17) is 15.3 Å². The van der Waals surface area contributed by atoms with Crippen LogP contribution in [-0.4, -0.2) is 21.3 Å². The number of carboxylic acids is 1. The summed E-state index contributed by atoms with van der Waals surface area (Å²) in [5.74, 6) is -1.03. The predicted molar refractivity (Wildman–Crippen MR) is 40.6 cm³/mol. The van der Waals surface area contributed by atoms with E-state index in [0.717, 1.165) is 0 Å². The highest BCUT2D eigenvalue weighted by molar-refractivity contribution is 5.87. The van der Waals surface area contributed by atoms with Crippen LogP contribution in [0, 0.1) is 0 Å². The Labute approximate surface area is 68.7 Å². The van der Waals surface area contributed by atoms with Gasteiger partial charge in [-0.3, -0.25) is 0 Å². The molecule has 0 unspecified atom stereocenters. The molecule has 0 aromatic heterocycles.